The summed E-state index contributed by atoms with van der Waals surface area (Å²) in [5, 5.41) is 11.1. The third-order valence-corrected chi connectivity index (χ3v) is 4.10. The van der Waals surface area contributed by atoms with E-state index >= 15 is 0 Å². The molecule has 0 radical (unpaired) electrons. The Bertz CT molecular complexity index is 948. The van der Waals surface area contributed by atoms with E-state index in [-0.39, 0.29) is 0 Å². The topological polar surface area (TPSA) is 64.4 Å². The van der Waals surface area contributed by atoms with Gasteiger partial charge in [0, 0.05) is 12.0 Å². The molecule has 0 aliphatic rings. The van der Waals surface area contributed by atoms with Gasteiger partial charge in [-0.2, -0.15) is 14.9 Å². The molecule has 0 aliphatic carbocycles. The van der Waals surface area contributed by atoms with Crippen molar-refractivity contribution < 1.29 is 9.47 Å². The first-order chi connectivity index (χ1) is 12.7. The Hall–Kier alpha value is -2.93. The number of aryl methyl sites for hydroxylation is 1. The second-order valence-electron chi connectivity index (χ2n) is 5.60. The van der Waals surface area contributed by atoms with Crippen LogP contribution in [0.25, 0.3) is 0 Å². The predicted octanol–water partition coefficient (Wildman–Crippen LogP) is 3.76. The van der Waals surface area contributed by atoms with Gasteiger partial charge in [-0.25, -0.2) is 0 Å². The number of hydrogen-bond donors (Lipinski definition) is 1. The molecule has 1 heterocycles. The van der Waals surface area contributed by atoms with Gasteiger partial charge in [0.2, 0.25) is 4.77 Å². The van der Waals surface area contributed by atoms with Crippen LogP contribution >= 0.6 is 12.2 Å². The van der Waals surface area contributed by atoms with E-state index in [4.69, 9.17) is 21.7 Å². The van der Waals surface area contributed by atoms with Crippen LogP contribution in [0.2, 0.25) is 0 Å². The van der Waals surface area contributed by atoms with Crippen molar-refractivity contribution in [2.45, 2.75) is 13.3 Å². The van der Waals surface area contributed by atoms with Crippen LogP contribution in [-0.2, 0) is 6.42 Å². The van der Waals surface area contributed by atoms with Gasteiger partial charge in [0.05, 0.1) is 19.9 Å². The Labute approximate surface area is 157 Å². The Morgan fingerprint density at radius 3 is 2.69 bits per heavy atom. The minimum atomic E-state index is 0.438. The summed E-state index contributed by atoms with van der Waals surface area (Å²) in [6.07, 6.45) is 2.50. The number of ether oxygens (including phenoxy) is 2. The van der Waals surface area contributed by atoms with Crippen molar-refractivity contribution in [2.75, 3.05) is 13.7 Å². The molecule has 0 aliphatic heterocycles. The van der Waals surface area contributed by atoms with Crippen LogP contribution in [-0.4, -0.2) is 34.8 Å². The third-order valence-electron chi connectivity index (χ3n) is 3.83. The average Bonchev–Trinajstić information content (AvgIpc) is 2.99. The zero-order chi connectivity index (χ0) is 18.4. The number of aromatic nitrogens is 3. The number of rotatable bonds is 7. The molecule has 2 aromatic carbocycles. The van der Waals surface area contributed by atoms with Crippen LogP contribution in [0.3, 0.4) is 0 Å². The maximum Gasteiger partial charge on any atom is 0.216 e. The van der Waals surface area contributed by atoms with Crippen molar-refractivity contribution in [2.24, 2.45) is 5.10 Å². The van der Waals surface area contributed by atoms with E-state index in [1.807, 2.05) is 43.3 Å². The van der Waals surface area contributed by atoms with Gasteiger partial charge in [0.15, 0.2) is 11.5 Å². The summed E-state index contributed by atoms with van der Waals surface area (Å²) in [4.78, 5) is 0. The molecule has 26 heavy (non-hydrogen) atoms. The largest absolute Gasteiger partial charge is 0.493 e. The highest BCUT2D eigenvalue weighted by Gasteiger charge is 2.10. The Morgan fingerprint density at radius 1 is 1.19 bits per heavy atom. The van der Waals surface area contributed by atoms with E-state index < -0.39 is 0 Å². The van der Waals surface area contributed by atoms with Crippen LogP contribution in [0.15, 0.2) is 53.6 Å². The van der Waals surface area contributed by atoms with Gasteiger partial charge in [0.25, 0.3) is 0 Å². The molecule has 7 heteroatoms. The smallest absolute Gasteiger partial charge is 0.216 e. The summed E-state index contributed by atoms with van der Waals surface area (Å²) in [5.74, 6) is 2.00. The molecular weight excluding hydrogens is 348 g/mol. The van der Waals surface area contributed by atoms with E-state index in [1.165, 1.54) is 5.56 Å². The zero-order valence-corrected chi connectivity index (χ0v) is 15.5. The van der Waals surface area contributed by atoms with Crippen molar-refractivity contribution in [3.63, 3.8) is 0 Å². The maximum atomic E-state index is 6.02. The van der Waals surface area contributed by atoms with Crippen LogP contribution < -0.4 is 9.47 Å². The number of nitrogens with one attached hydrogen (secondary N) is 1. The number of H-pyrrole nitrogens is 1. The van der Waals surface area contributed by atoms with E-state index in [9.17, 15) is 0 Å². The van der Waals surface area contributed by atoms with Crippen LogP contribution in [0.5, 0.6) is 11.5 Å². The minimum absolute atomic E-state index is 0.438. The maximum absolute atomic E-state index is 6.02. The average molecular weight is 368 g/mol. The van der Waals surface area contributed by atoms with Gasteiger partial charge < -0.3 is 9.47 Å². The van der Waals surface area contributed by atoms with Gasteiger partial charge in [0.1, 0.15) is 5.82 Å². The molecule has 6 nitrogen and oxygen atoms in total. The monoisotopic (exact) mass is 368 g/mol. The second kappa shape index (κ2) is 8.44. The summed E-state index contributed by atoms with van der Waals surface area (Å²) in [6, 6.07) is 15.9. The van der Waals surface area contributed by atoms with Crippen LogP contribution in [0.1, 0.15) is 17.0 Å². The highest BCUT2D eigenvalue weighted by atomic mass is 32.1. The normalized spacial score (nSPS) is 11.0. The fourth-order valence-electron chi connectivity index (χ4n) is 2.49. The molecule has 0 amide bonds. The zero-order valence-electron chi connectivity index (χ0n) is 14.7. The SMILES string of the molecule is COc1cccc(/C=N/n2c(C)n[nH]c2=S)c1OCCc1ccccc1. The first-order valence-electron chi connectivity index (χ1n) is 8.21. The van der Waals surface area contributed by atoms with Gasteiger partial charge in [-0.05, 0) is 36.8 Å². The van der Waals surface area contributed by atoms with Gasteiger partial charge in [-0.1, -0.05) is 36.4 Å². The fraction of sp³-hybridized carbons (Fsp3) is 0.211. The summed E-state index contributed by atoms with van der Waals surface area (Å²) >= 11 is 5.17. The van der Waals surface area contributed by atoms with E-state index in [0.717, 1.165) is 12.0 Å². The number of methoxy groups -OCH3 is 1. The van der Waals surface area contributed by atoms with Gasteiger partial charge >= 0.3 is 0 Å². The fourth-order valence-corrected chi connectivity index (χ4v) is 2.72. The van der Waals surface area contributed by atoms with Gasteiger partial charge in [-0.3, -0.25) is 5.10 Å². The molecule has 134 valence electrons. The van der Waals surface area contributed by atoms with E-state index in [0.29, 0.717) is 28.7 Å². The second-order valence-corrected chi connectivity index (χ2v) is 5.98. The van der Waals surface area contributed by atoms with Crippen molar-refractivity contribution in [3.05, 3.63) is 70.3 Å². The van der Waals surface area contributed by atoms with E-state index in [1.54, 1.807) is 18.0 Å². The van der Waals surface area contributed by atoms with Crippen LogP contribution in [0, 0.1) is 11.7 Å². The number of benzene rings is 2. The highest BCUT2D eigenvalue weighted by Crippen LogP contribution is 2.30. The Balaban J connectivity index is 1.80. The molecule has 3 rings (SSSR count). The third kappa shape index (κ3) is 4.18. The minimum Gasteiger partial charge on any atom is -0.493 e. The summed E-state index contributed by atoms with van der Waals surface area (Å²) in [7, 11) is 1.62. The molecule has 0 saturated carbocycles. The molecule has 1 N–H and O–H groups in total. The standard InChI is InChI=1S/C19H20N4O2S/c1-14-21-22-19(26)23(14)20-13-16-9-6-10-17(24-2)18(16)25-12-11-15-7-4-3-5-8-15/h3-10,13H,11-12H2,1-2H3,(H,22,26)/b20-13+. The summed E-state index contributed by atoms with van der Waals surface area (Å²) < 4.78 is 13.5. The van der Waals surface area contributed by atoms with Crippen molar-refractivity contribution >= 4 is 18.4 Å². The summed E-state index contributed by atoms with van der Waals surface area (Å²) in [5.41, 5.74) is 2.03. The van der Waals surface area contributed by atoms with Crippen molar-refractivity contribution in [1.29, 1.82) is 0 Å². The molecular formula is C19H20N4O2S. The summed E-state index contributed by atoms with van der Waals surface area (Å²) in [6.45, 7) is 2.36. The molecule has 0 fully saturated rings. The highest BCUT2D eigenvalue weighted by molar-refractivity contribution is 7.71. The van der Waals surface area contributed by atoms with Crippen molar-refractivity contribution in [1.82, 2.24) is 14.9 Å². The molecule has 0 bridgehead atoms. The molecule has 0 saturated heterocycles. The lowest BCUT2D eigenvalue weighted by atomic mass is 10.1. The predicted molar refractivity (Wildman–Crippen MR) is 104 cm³/mol. The number of aromatic amines is 1. The number of nitrogens with zero attached hydrogens (tertiary/aromatic N) is 3. The van der Waals surface area contributed by atoms with E-state index in [2.05, 4.69) is 27.4 Å². The molecule has 1 aromatic heterocycles. The lowest BCUT2D eigenvalue weighted by molar-refractivity contribution is 0.297. The first-order valence-corrected chi connectivity index (χ1v) is 8.62. The molecule has 3 aromatic rings. The number of para-hydroxylation sites is 1. The first kappa shape index (κ1) is 17.9. The lowest BCUT2D eigenvalue weighted by Crippen LogP contribution is -2.05. The molecule has 0 atom stereocenters. The quantitative estimate of drug-likeness (QED) is 0.509. The van der Waals surface area contributed by atoms with Crippen LogP contribution in [0.4, 0.5) is 0 Å². The Morgan fingerprint density at radius 2 is 2.00 bits per heavy atom. The molecule has 0 unspecified atom stereocenters. The van der Waals surface area contributed by atoms with Gasteiger partial charge in [-0.15, -0.1) is 0 Å². The Kier molecular flexibility index (Phi) is 5.80. The lowest BCUT2D eigenvalue weighted by Gasteiger charge is -2.13. The number of hydrogen-bond acceptors (Lipinski definition) is 5. The molecule has 0 spiro atoms. The van der Waals surface area contributed by atoms with Crippen molar-refractivity contribution in [3.8, 4) is 11.5 Å².